The first-order valence-electron chi connectivity index (χ1n) is 5.26. The first kappa shape index (κ1) is 15.1. The van der Waals surface area contributed by atoms with Crippen LogP contribution in [-0.2, 0) is 9.53 Å². The molecule has 0 aliphatic carbocycles. The number of esters is 1. The molecule has 1 aliphatic rings. The van der Waals surface area contributed by atoms with E-state index in [1.807, 2.05) is 0 Å². The van der Waals surface area contributed by atoms with E-state index in [-0.39, 0.29) is 5.75 Å². The molecule has 1 heterocycles. The van der Waals surface area contributed by atoms with Gasteiger partial charge >= 0.3 is 12.3 Å². The summed E-state index contributed by atoms with van der Waals surface area (Å²) >= 11 is 1.29. The second-order valence-electron chi connectivity index (χ2n) is 3.42. The van der Waals surface area contributed by atoms with E-state index in [0.717, 1.165) is 0 Å². The van der Waals surface area contributed by atoms with E-state index in [2.05, 4.69) is 27.2 Å². The van der Waals surface area contributed by atoms with Crippen molar-refractivity contribution in [2.75, 3.05) is 31.1 Å². The number of ether oxygens (including phenoxy) is 1. The lowest BCUT2D eigenvalue weighted by atomic mass is 10.3. The number of halogens is 3. The Bertz CT molecular complexity index is 338. The third kappa shape index (κ3) is 6.74. The summed E-state index contributed by atoms with van der Waals surface area (Å²) in [5.74, 6) is 5.06. The number of carbonyl (C=O) groups is 1. The van der Waals surface area contributed by atoms with Gasteiger partial charge in [-0.3, -0.25) is 4.79 Å². The van der Waals surface area contributed by atoms with Crippen LogP contribution in [0.4, 0.5) is 13.2 Å². The molecular weight excluding hydrogens is 269 g/mol. The van der Waals surface area contributed by atoms with Crippen LogP contribution >= 0.6 is 11.8 Å². The zero-order chi connectivity index (χ0) is 13.4. The Labute approximate surface area is 107 Å². The third-order valence-electron chi connectivity index (χ3n) is 1.99. The molecule has 0 aromatic rings. The summed E-state index contributed by atoms with van der Waals surface area (Å²) in [4.78, 5) is 11.3. The smallest absolute Gasteiger partial charge is 0.372 e. The van der Waals surface area contributed by atoms with Crippen molar-refractivity contribution in [3.8, 4) is 11.8 Å². The molecule has 0 radical (unpaired) electrons. The van der Waals surface area contributed by atoms with E-state index in [4.69, 9.17) is 0 Å². The van der Waals surface area contributed by atoms with Crippen LogP contribution in [-0.4, -0.2) is 49.5 Å². The first-order valence-corrected chi connectivity index (χ1v) is 6.41. The van der Waals surface area contributed by atoms with Gasteiger partial charge < -0.3 is 15.4 Å². The lowest BCUT2D eigenvalue weighted by Crippen LogP contribution is -2.44. The van der Waals surface area contributed by atoms with Crippen LogP contribution in [0.2, 0.25) is 0 Å². The predicted octanol–water partition coefficient (Wildman–Crippen LogP) is 0.347. The molecule has 1 aliphatic heterocycles. The number of carbonyl (C=O) groups excluding carboxylic acids is 1. The van der Waals surface area contributed by atoms with E-state index in [1.165, 1.54) is 11.8 Å². The number of hydrogen-bond donors (Lipinski definition) is 2. The largest absolute Gasteiger partial charge is 0.575 e. The maximum atomic E-state index is 11.9. The average Bonchev–Trinajstić information content (AvgIpc) is 2.31. The van der Waals surface area contributed by atoms with Gasteiger partial charge in [0.1, 0.15) is 6.04 Å². The van der Waals surface area contributed by atoms with Crippen LogP contribution < -0.4 is 10.6 Å². The fraction of sp³-hybridized carbons (Fsp3) is 0.700. The van der Waals surface area contributed by atoms with Crippen molar-refractivity contribution in [3.63, 3.8) is 0 Å². The van der Waals surface area contributed by atoms with Crippen molar-refractivity contribution in [2.24, 2.45) is 0 Å². The quantitative estimate of drug-likeness (QED) is 0.537. The summed E-state index contributed by atoms with van der Waals surface area (Å²) in [5, 5.41) is 5.70. The predicted molar refractivity (Wildman–Crippen MR) is 61.9 cm³/mol. The minimum absolute atomic E-state index is 0.198. The highest BCUT2D eigenvalue weighted by Crippen LogP contribution is 2.18. The van der Waals surface area contributed by atoms with Crippen LogP contribution in [0.25, 0.3) is 0 Å². The number of nitrogens with one attached hydrogen (secondary N) is 2. The van der Waals surface area contributed by atoms with Gasteiger partial charge in [-0.15, -0.1) is 24.9 Å². The SMILES string of the molecule is O=C(OC(F)(F)F)C1CSCC#CCNCCN1. The molecule has 1 rings (SSSR count). The van der Waals surface area contributed by atoms with Gasteiger partial charge in [0, 0.05) is 18.8 Å². The molecule has 102 valence electrons. The molecular formula is C10H13F3N2O2S. The molecule has 2 N–H and O–H groups in total. The second-order valence-corrected chi connectivity index (χ2v) is 4.45. The molecule has 0 fully saturated rings. The molecule has 1 atom stereocenters. The fourth-order valence-corrected chi connectivity index (χ4v) is 2.03. The van der Waals surface area contributed by atoms with Gasteiger partial charge in [-0.1, -0.05) is 11.8 Å². The minimum atomic E-state index is -4.94. The Morgan fingerprint density at radius 1 is 1.33 bits per heavy atom. The lowest BCUT2D eigenvalue weighted by Gasteiger charge is -2.17. The normalized spacial score (nSPS) is 22.3. The van der Waals surface area contributed by atoms with E-state index < -0.39 is 18.4 Å². The van der Waals surface area contributed by atoms with Crippen molar-refractivity contribution in [2.45, 2.75) is 12.4 Å². The van der Waals surface area contributed by atoms with E-state index in [0.29, 0.717) is 25.4 Å². The topological polar surface area (TPSA) is 50.4 Å². The highest BCUT2D eigenvalue weighted by Gasteiger charge is 2.36. The Hall–Kier alpha value is -0.910. The second kappa shape index (κ2) is 7.51. The van der Waals surface area contributed by atoms with E-state index in [9.17, 15) is 18.0 Å². The minimum Gasteiger partial charge on any atom is -0.372 e. The lowest BCUT2D eigenvalue weighted by molar-refractivity contribution is -0.306. The van der Waals surface area contributed by atoms with Crippen molar-refractivity contribution in [1.82, 2.24) is 10.6 Å². The molecule has 4 nitrogen and oxygen atoms in total. The van der Waals surface area contributed by atoms with Crippen molar-refractivity contribution >= 4 is 17.7 Å². The zero-order valence-electron chi connectivity index (χ0n) is 9.47. The third-order valence-corrected chi connectivity index (χ3v) is 2.91. The van der Waals surface area contributed by atoms with Crippen molar-refractivity contribution < 1.29 is 22.7 Å². The monoisotopic (exact) mass is 282 g/mol. The summed E-state index contributed by atoms with van der Waals surface area (Å²) in [5.41, 5.74) is 0. The van der Waals surface area contributed by atoms with Gasteiger partial charge in [0.25, 0.3) is 0 Å². The summed E-state index contributed by atoms with van der Waals surface area (Å²) in [6, 6.07) is -0.974. The van der Waals surface area contributed by atoms with Gasteiger partial charge in [0.15, 0.2) is 0 Å². The van der Waals surface area contributed by atoms with E-state index in [1.54, 1.807) is 0 Å². The Morgan fingerprint density at radius 3 is 2.83 bits per heavy atom. The molecule has 0 aromatic carbocycles. The summed E-state index contributed by atoms with van der Waals surface area (Å²) < 4.78 is 39.2. The van der Waals surface area contributed by atoms with Gasteiger partial charge in [-0.05, 0) is 0 Å². The maximum Gasteiger partial charge on any atom is 0.575 e. The summed E-state index contributed by atoms with van der Waals surface area (Å²) in [6.45, 7) is 1.43. The van der Waals surface area contributed by atoms with Crippen LogP contribution in [0, 0.1) is 11.8 Å². The zero-order valence-corrected chi connectivity index (χ0v) is 10.3. The molecule has 18 heavy (non-hydrogen) atoms. The Kier molecular flexibility index (Phi) is 6.32. The van der Waals surface area contributed by atoms with Crippen LogP contribution in [0.1, 0.15) is 0 Å². The molecule has 0 bridgehead atoms. The van der Waals surface area contributed by atoms with Gasteiger partial charge in [0.05, 0.1) is 12.3 Å². The molecule has 1 unspecified atom stereocenters. The highest BCUT2D eigenvalue weighted by molar-refractivity contribution is 7.99. The Morgan fingerprint density at radius 2 is 2.11 bits per heavy atom. The summed E-state index contributed by atoms with van der Waals surface area (Å²) in [7, 11) is 0. The van der Waals surface area contributed by atoms with Gasteiger partial charge in [0.2, 0.25) is 0 Å². The fourth-order valence-electron chi connectivity index (χ4n) is 1.22. The van der Waals surface area contributed by atoms with Crippen LogP contribution in [0.5, 0.6) is 0 Å². The number of hydrogen-bond acceptors (Lipinski definition) is 5. The Balaban J connectivity index is 2.50. The molecule has 0 aromatic heterocycles. The molecule has 0 saturated heterocycles. The van der Waals surface area contributed by atoms with Crippen LogP contribution in [0.3, 0.4) is 0 Å². The van der Waals surface area contributed by atoms with Gasteiger partial charge in [-0.2, -0.15) is 0 Å². The van der Waals surface area contributed by atoms with Crippen LogP contribution in [0.15, 0.2) is 0 Å². The maximum absolute atomic E-state index is 11.9. The van der Waals surface area contributed by atoms with Crippen molar-refractivity contribution in [1.29, 1.82) is 0 Å². The highest BCUT2D eigenvalue weighted by atomic mass is 32.2. The average molecular weight is 282 g/mol. The van der Waals surface area contributed by atoms with E-state index >= 15 is 0 Å². The standard InChI is InChI=1S/C10H13F3N2O2S/c11-10(12,13)17-9(16)8-7-18-6-2-1-3-14-4-5-15-8/h8,14-15H,3-7H2. The number of rotatable bonds is 1. The molecule has 0 spiro atoms. The molecule has 8 heteroatoms. The first-order chi connectivity index (χ1) is 8.49. The molecule has 0 saturated carbocycles. The number of thioether (sulfide) groups is 1. The van der Waals surface area contributed by atoms with Crippen molar-refractivity contribution in [3.05, 3.63) is 0 Å². The number of alkyl halides is 3. The molecule has 0 amide bonds. The summed E-state index contributed by atoms with van der Waals surface area (Å²) in [6.07, 6.45) is -4.94. The van der Waals surface area contributed by atoms with Gasteiger partial charge in [-0.25, -0.2) is 0 Å².